The van der Waals surface area contributed by atoms with Crippen LogP contribution in [-0.2, 0) is 14.3 Å². The number of aromatic nitrogens is 1. The first-order valence-corrected chi connectivity index (χ1v) is 11.0. The van der Waals surface area contributed by atoms with Gasteiger partial charge in [0.2, 0.25) is 0 Å². The number of carbonyl (C=O) groups is 2. The lowest BCUT2D eigenvalue weighted by Gasteiger charge is -2.13. The molecule has 3 aromatic rings. The van der Waals surface area contributed by atoms with Crippen LogP contribution in [0.3, 0.4) is 0 Å². The van der Waals surface area contributed by atoms with Gasteiger partial charge in [0, 0.05) is 21.7 Å². The van der Waals surface area contributed by atoms with E-state index in [0.29, 0.717) is 32.4 Å². The summed E-state index contributed by atoms with van der Waals surface area (Å²) in [5.74, 6) is -0.851. The van der Waals surface area contributed by atoms with Crippen LogP contribution in [0.1, 0.15) is 18.9 Å². The maximum atomic E-state index is 12.2. The van der Waals surface area contributed by atoms with E-state index in [1.165, 1.54) is 0 Å². The summed E-state index contributed by atoms with van der Waals surface area (Å²) in [6, 6.07) is 20.9. The van der Waals surface area contributed by atoms with Crippen LogP contribution >= 0.6 is 23.4 Å². The molecule has 0 unspecified atom stereocenters. The summed E-state index contributed by atoms with van der Waals surface area (Å²) in [4.78, 5) is 28.4. The molecule has 0 fully saturated rings. The smallest absolute Gasteiger partial charge is 0.313 e. The lowest BCUT2D eigenvalue weighted by atomic mass is 9.99. The Bertz CT molecular complexity index is 1140. The van der Waals surface area contributed by atoms with Crippen LogP contribution in [0.5, 0.6) is 0 Å². The van der Waals surface area contributed by atoms with E-state index in [-0.39, 0.29) is 24.6 Å². The molecule has 31 heavy (non-hydrogen) atoms. The summed E-state index contributed by atoms with van der Waals surface area (Å²) in [5.41, 5.74) is 3.22. The molecule has 0 bridgehead atoms. The number of hydrogen-bond acceptors (Lipinski definition) is 6. The Morgan fingerprint density at radius 1 is 1.10 bits per heavy atom. The number of halogens is 1. The number of hydrogen-bond donors (Lipinski definition) is 0. The van der Waals surface area contributed by atoms with Crippen molar-refractivity contribution in [2.45, 2.75) is 18.4 Å². The van der Waals surface area contributed by atoms with E-state index in [4.69, 9.17) is 16.3 Å². The first-order valence-electron chi connectivity index (χ1n) is 9.59. The Balaban J connectivity index is 2.02. The lowest BCUT2D eigenvalue weighted by Crippen LogP contribution is -2.13. The molecular formula is C24H19ClN2O3S. The van der Waals surface area contributed by atoms with Crippen molar-refractivity contribution in [3.8, 4) is 28.5 Å². The summed E-state index contributed by atoms with van der Waals surface area (Å²) in [6.07, 6.45) is -0.307. The Morgan fingerprint density at radius 2 is 1.81 bits per heavy atom. The van der Waals surface area contributed by atoms with Crippen LogP contribution in [0.2, 0.25) is 5.02 Å². The van der Waals surface area contributed by atoms with E-state index in [9.17, 15) is 14.9 Å². The third-order valence-electron chi connectivity index (χ3n) is 4.35. The number of pyridine rings is 1. The summed E-state index contributed by atoms with van der Waals surface area (Å²) in [6.45, 7) is 1.91. The summed E-state index contributed by atoms with van der Waals surface area (Å²) in [5, 5.41) is 10.8. The van der Waals surface area contributed by atoms with Gasteiger partial charge in [0.15, 0.2) is 5.78 Å². The van der Waals surface area contributed by atoms with Gasteiger partial charge in [0.25, 0.3) is 0 Å². The number of carbonyl (C=O) groups excluding carboxylic acids is 2. The van der Waals surface area contributed by atoms with Gasteiger partial charge in [-0.2, -0.15) is 5.26 Å². The molecule has 0 saturated heterocycles. The predicted molar refractivity (Wildman–Crippen MR) is 122 cm³/mol. The van der Waals surface area contributed by atoms with Gasteiger partial charge in [-0.15, -0.1) is 0 Å². The number of rotatable bonds is 8. The second-order valence-electron chi connectivity index (χ2n) is 6.50. The molecule has 7 heteroatoms. The minimum Gasteiger partial charge on any atom is -0.466 e. The minimum absolute atomic E-state index is 0.000694. The van der Waals surface area contributed by atoms with Gasteiger partial charge in [-0.1, -0.05) is 71.9 Å². The second-order valence-corrected chi connectivity index (χ2v) is 7.87. The Morgan fingerprint density at radius 3 is 2.48 bits per heavy atom. The summed E-state index contributed by atoms with van der Waals surface area (Å²) in [7, 11) is 0. The average Bonchev–Trinajstić information content (AvgIpc) is 2.78. The van der Waals surface area contributed by atoms with Crippen molar-refractivity contribution in [1.29, 1.82) is 5.26 Å². The Labute approximate surface area is 190 Å². The van der Waals surface area contributed by atoms with Crippen molar-refractivity contribution in [1.82, 2.24) is 4.98 Å². The van der Waals surface area contributed by atoms with E-state index in [1.807, 2.05) is 54.6 Å². The van der Waals surface area contributed by atoms with Crippen LogP contribution < -0.4 is 0 Å². The molecule has 2 aromatic carbocycles. The van der Waals surface area contributed by atoms with Crippen molar-refractivity contribution in [2.24, 2.45) is 0 Å². The number of esters is 1. The highest BCUT2D eigenvalue weighted by molar-refractivity contribution is 8.00. The number of nitrogens with zero attached hydrogens (tertiary/aromatic N) is 2. The van der Waals surface area contributed by atoms with E-state index in [2.05, 4.69) is 11.1 Å². The number of Topliss-reactive ketones (excluding diaryl/α,β-unsaturated/α-hetero) is 1. The van der Waals surface area contributed by atoms with Gasteiger partial charge in [-0.25, -0.2) is 4.98 Å². The van der Waals surface area contributed by atoms with Crippen LogP contribution in [0, 0.1) is 11.3 Å². The van der Waals surface area contributed by atoms with E-state index < -0.39 is 5.97 Å². The molecule has 1 heterocycles. The molecule has 0 aliphatic rings. The standard InChI is InChI=1S/C24H19ClN2O3S/c1-2-30-23(29)12-17(28)15-31-24-20(14-26)19(18-10-6-7-11-21(18)25)13-22(27-24)16-8-4-3-5-9-16/h3-11,13H,2,12,15H2,1H3. The second kappa shape index (κ2) is 10.8. The monoisotopic (exact) mass is 450 g/mol. The zero-order valence-corrected chi connectivity index (χ0v) is 18.4. The molecule has 1 aromatic heterocycles. The Hall–Kier alpha value is -3.14. The van der Waals surface area contributed by atoms with Gasteiger partial charge in [-0.3, -0.25) is 9.59 Å². The zero-order valence-electron chi connectivity index (χ0n) is 16.8. The van der Waals surface area contributed by atoms with Gasteiger partial charge < -0.3 is 4.74 Å². The highest BCUT2D eigenvalue weighted by atomic mass is 35.5. The van der Waals surface area contributed by atoms with Crippen molar-refractivity contribution >= 4 is 35.1 Å². The van der Waals surface area contributed by atoms with Crippen molar-refractivity contribution in [3.63, 3.8) is 0 Å². The van der Waals surface area contributed by atoms with Crippen molar-refractivity contribution < 1.29 is 14.3 Å². The highest BCUT2D eigenvalue weighted by Crippen LogP contribution is 2.37. The molecule has 0 aliphatic carbocycles. The van der Waals surface area contributed by atoms with Crippen molar-refractivity contribution in [2.75, 3.05) is 12.4 Å². The number of benzene rings is 2. The number of thioether (sulfide) groups is 1. The van der Waals surface area contributed by atoms with Gasteiger partial charge >= 0.3 is 5.97 Å². The largest absolute Gasteiger partial charge is 0.466 e. The predicted octanol–water partition coefficient (Wildman–Crippen LogP) is 5.56. The molecule has 0 N–H and O–H groups in total. The number of nitriles is 1. The number of ketones is 1. The third kappa shape index (κ3) is 5.72. The zero-order chi connectivity index (χ0) is 22.2. The fraction of sp³-hybridized carbons (Fsp3) is 0.167. The summed E-state index contributed by atoms with van der Waals surface area (Å²) < 4.78 is 4.82. The van der Waals surface area contributed by atoms with E-state index in [1.54, 1.807) is 13.0 Å². The fourth-order valence-corrected chi connectivity index (χ4v) is 4.06. The van der Waals surface area contributed by atoms with Crippen LogP contribution in [0.25, 0.3) is 22.4 Å². The molecule has 0 amide bonds. The van der Waals surface area contributed by atoms with Gasteiger partial charge in [-0.05, 0) is 19.1 Å². The van der Waals surface area contributed by atoms with Crippen LogP contribution in [0.15, 0.2) is 65.7 Å². The Kier molecular flexibility index (Phi) is 7.82. The van der Waals surface area contributed by atoms with E-state index >= 15 is 0 Å². The highest BCUT2D eigenvalue weighted by Gasteiger charge is 2.19. The molecule has 0 aliphatic heterocycles. The number of ether oxygens (including phenoxy) is 1. The van der Waals surface area contributed by atoms with E-state index in [0.717, 1.165) is 17.3 Å². The molecule has 156 valence electrons. The SMILES string of the molecule is CCOC(=O)CC(=O)CSc1nc(-c2ccccc2)cc(-c2ccccc2Cl)c1C#N. The topological polar surface area (TPSA) is 80.1 Å². The molecule has 0 spiro atoms. The van der Waals surface area contributed by atoms with Crippen molar-refractivity contribution in [3.05, 3.63) is 71.2 Å². The van der Waals surface area contributed by atoms with Crippen LogP contribution in [0.4, 0.5) is 0 Å². The molecule has 3 rings (SSSR count). The average molecular weight is 451 g/mol. The maximum Gasteiger partial charge on any atom is 0.313 e. The maximum absolute atomic E-state index is 12.2. The van der Waals surface area contributed by atoms with Gasteiger partial charge in [0.1, 0.15) is 17.5 Å². The molecule has 0 saturated carbocycles. The molecule has 0 atom stereocenters. The minimum atomic E-state index is -0.559. The lowest BCUT2D eigenvalue weighted by molar-refractivity contribution is -0.145. The first kappa shape index (κ1) is 22.5. The summed E-state index contributed by atoms with van der Waals surface area (Å²) >= 11 is 7.54. The third-order valence-corrected chi connectivity index (χ3v) is 5.71. The first-order chi connectivity index (χ1) is 15.0. The van der Waals surface area contributed by atoms with Gasteiger partial charge in [0.05, 0.1) is 23.6 Å². The normalized spacial score (nSPS) is 10.4. The fourth-order valence-electron chi connectivity index (χ4n) is 2.96. The molecular weight excluding hydrogens is 432 g/mol. The van der Waals surface area contributed by atoms with Crippen LogP contribution in [-0.4, -0.2) is 29.1 Å². The molecule has 5 nitrogen and oxygen atoms in total. The quantitative estimate of drug-likeness (QED) is 0.254. The molecule has 0 radical (unpaired) electrons.